The lowest BCUT2D eigenvalue weighted by molar-refractivity contribution is -0.148. The monoisotopic (exact) mass is 378 g/mol. The SMILES string of the molecule is CCOC(=O)C(CC)CC(=O)c1cc2c(cc(OC)c3oc(F)cc32)s1. The van der Waals surface area contributed by atoms with Crippen molar-refractivity contribution in [3.63, 3.8) is 0 Å². The van der Waals surface area contributed by atoms with Crippen LogP contribution in [-0.4, -0.2) is 25.5 Å². The predicted octanol–water partition coefficient (Wildman–Crippen LogP) is 4.96. The molecule has 0 amide bonds. The van der Waals surface area contributed by atoms with Crippen molar-refractivity contribution in [2.75, 3.05) is 13.7 Å². The molecule has 1 unspecified atom stereocenters. The van der Waals surface area contributed by atoms with Crippen LogP contribution in [0.2, 0.25) is 0 Å². The van der Waals surface area contributed by atoms with Crippen LogP contribution < -0.4 is 4.74 Å². The maximum Gasteiger partial charge on any atom is 0.309 e. The average molecular weight is 378 g/mol. The Bertz CT molecular complexity index is 971. The number of ether oxygens (including phenoxy) is 2. The molecular weight excluding hydrogens is 359 g/mol. The average Bonchev–Trinajstić information content (AvgIpc) is 3.21. The minimum absolute atomic E-state index is 0.0855. The van der Waals surface area contributed by atoms with Crippen molar-refractivity contribution >= 4 is 44.1 Å². The van der Waals surface area contributed by atoms with Crippen molar-refractivity contribution in [1.29, 1.82) is 0 Å². The smallest absolute Gasteiger partial charge is 0.309 e. The number of thiophene rings is 1. The number of carbonyl (C=O) groups is 2. The van der Waals surface area contributed by atoms with Crippen LogP contribution in [0.5, 0.6) is 5.75 Å². The van der Waals surface area contributed by atoms with E-state index in [1.807, 2.05) is 6.92 Å². The summed E-state index contributed by atoms with van der Waals surface area (Å²) in [4.78, 5) is 25.1. The van der Waals surface area contributed by atoms with Crippen LogP contribution >= 0.6 is 11.3 Å². The lowest BCUT2D eigenvalue weighted by Gasteiger charge is -2.11. The van der Waals surface area contributed by atoms with Crippen molar-refractivity contribution in [3.05, 3.63) is 29.1 Å². The first-order valence-corrected chi connectivity index (χ1v) is 9.19. The molecule has 138 valence electrons. The molecule has 0 N–H and O–H groups in total. The van der Waals surface area contributed by atoms with E-state index in [1.165, 1.54) is 24.5 Å². The van der Waals surface area contributed by atoms with Crippen LogP contribution in [0.1, 0.15) is 36.4 Å². The number of esters is 1. The summed E-state index contributed by atoms with van der Waals surface area (Å²) >= 11 is 1.29. The second kappa shape index (κ2) is 7.45. The van der Waals surface area contributed by atoms with Crippen molar-refractivity contribution in [2.45, 2.75) is 26.7 Å². The molecule has 0 spiro atoms. The number of rotatable bonds is 7. The summed E-state index contributed by atoms with van der Waals surface area (Å²) in [6, 6.07) is 4.02. The molecule has 3 rings (SSSR count). The highest BCUT2D eigenvalue weighted by Crippen LogP contribution is 2.39. The van der Waals surface area contributed by atoms with E-state index in [0.717, 1.165) is 10.1 Å². The highest BCUT2D eigenvalue weighted by atomic mass is 32.1. The highest BCUT2D eigenvalue weighted by Gasteiger charge is 2.24. The summed E-state index contributed by atoms with van der Waals surface area (Å²) in [6.45, 7) is 3.87. The largest absolute Gasteiger partial charge is 0.493 e. The van der Waals surface area contributed by atoms with Gasteiger partial charge in [-0.3, -0.25) is 9.59 Å². The lowest BCUT2D eigenvalue weighted by Crippen LogP contribution is -2.20. The number of ketones is 1. The van der Waals surface area contributed by atoms with E-state index in [-0.39, 0.29) is 24.8 Å². The third kappa shape index (κ3) is 3.31. The molecule has 0 aliphatic heterocycles. The van der Waals surface area contributed by atoms with Crippen LogP contribution in [0.4, 0.5) is 4.39 Å². The summed E-state index contributed by atoms with van der Waals surface area (Å²) in [6.07, 6.45) is 0.614. The summed E-state index contributed by atoms with van der Waals surface area (Å²) in [5, 5.41) is 1.29. The molecular formula is C19H19FO5S. The molecule has 0 fully saturated rings. The van der Waals surface area contributed by atoms with Crippen molar-refractivity contribution in [1.82, 2.24) is 0 Å². The normalized spacial score (nSPS) is 12.5. The summed E-state index contributed by atoms with van der Waals surface area (Å²) in [5.41, 5.74) is 0.312. The van der Waals surface area contributed by atoms with Gasteiger partial charge < -0.3 is 13.9 Å². The number of hydrogen-bond acceptors (Lipinski definition) is 6. The van der Waals surface area contributed by atoms with Crippen molar-refractivity contribution < 1.29 is 27.9 Å². The summed E-state index contributed by atoms with van der Waals surface area (Å²) < 4.78 is 29.7. The Morgan fingerprint density at radius 1 is 1.23 bits per heavy atom. The third-order valence-electron chi connectivity index (χ3n) is 4.28. The van der Waals surface area contributed by atoms with E-state index in [1.54, 1.807) is 19.1 Å². The van der Waals surface area contributed by atoms with Crippen LogP contribution in [0.3, 0.4) is 0 Å². The van der Waals surface area contributed by atoms with E-state index in [9.17, 15) is 14.0 Å². The van der Waals surface area contributed by atoms with Crippen LogP contribution in [0.15, 0.2) is 22.6 Å². The Labute approximate surface area is 153 Å². The standard InChI is InChI=1S/C19H19FO5S/c1-4-10(19(22)24-5-2)6-13(21)16-7-11-12-8-17(20)25-18(12)14(23-3)9-15(11)26-16/h7-10H,4-6H2,1-3H3. The molecule has 0 bridgehead atoms. The molecule has 3 aromatic rings. The van der Waals surface area contributed by atoms with Gasteiger partial charge in [-0.05, 0) is 19.4 Å². The molecule has 2 heterocycles. The molecule has 7 heteroatoms. The van der Waals surface area contributed by atoms with Gasteiger partial charge in [0.1, 0.15) is 0 Å². The summed E-state index contributed by atoms with van der Waals surface area (Å²) in [7, 11) is 1.48. The van der Waals surface area contributed by atoms with Gasteiger partial charge in [-0.1, -0.05) is 6.92 Å². The fraction of sp³-hybridized carbons (Fsp3) is 0.368. The number of Topliss-reactive ketones (excluding diaryl/α,β-unsaturated/α-hetero) is 1. The van der Waals surface area contributed by atoms with E-state index in [0.29, 0.717) is 28.0 Å². The molecule has 0 radical (unpaired) electrons. The number of fused-ring (bicyclic) bond motifs is 3. The quantitative estimate of drug-likeness (QED) is 0.429. The number of furan rings is 1. The first kappa shape index (κ1) is 18.4. The van der Waals surface area contributed by atoms with Gasteiger partial charge in [-0.2, -0.15) is 4.39 Å². The minimum Gasteiger partial charge on any atom is -0.493 e. The fourth-order valence-corrected chi connectivity index (χ4v) is 3.98. The minimum atomic E-state index is -0.710. The zero-order valence-corrected chi connectivity index (χ0v) is 15.6. The molecule has 0 saturated heterocycles. The Kier molecular flexibility index (Phi) is 5.27. The second-order valence-corrected chi connectivity index (χ2v) is 6.96. The lowest BCUT2D eigenvalue weighted by atomic mass is 9.99. The van der Waals surface area contributed by atoms with Gasteiger partial charge in [-0.25, -0.2) is 0 Å². The number of hydrogen-bond donors (Lipinski definition) is 0. The zero-order chi connectivity index (χ0) is 18.8. The number of benzene rings is 1. The van der Waals surface area contributed by atoms with Gasteiger partial charge in [0, 0.05) is 34.0 Å². The first-order chi connectivity index (χ1) is 12.5. The van der Waals surface area contributed by atoms with Gasteiger partial charge in [0.15, 0.2) is 17.1 Å². The Hall–Kier alpha value is -2.41. The molecule has 0 aliphatic carbocycles. The van der Waals surface area contributed by atoms with E-state index >= 15 is 0 Å². The predicted molar refractivity (Wildman–Crippen MR) is 97.5 cm³/mol. The van der Waals surface area contributed by atoms with Gasteiger partial charge >= 0.3 is 5.97 Å². The van der Waals surface area contributed by atoms with E-state index in [4.69, 9.17) is 13.9 Å². The van der Waals surface area contributed by atoms with Gasteiger partial charge in [0.2, 0.25) is 0 Å². The molecule has 0 aliphatic rings. The second-order valence-electron chi connectivity index (χ2n) is 5.88. The van der Waals surface area contributed by atoms with E-state index in [2.05, 4.69) is 0 Å². The molecule has 26 heavy (non-hydrogen) atoms. The van der Waals surface area contributed by atoms with Gasteiger partial charge in [0.25, 0.3) is 6.01 Å². The van der Waals surface area contributed by atoms with E-state index < -0.39 is 11.9 Å². The Balaban J connectivity index is 1.97. The number of carbonyl (C=O) groups excluding carboxylic acids is 2. The summed E-state index contributed by atoms with van der Waals surface area (Å²) in [5.74, 6) is -0.545. The highest BCUT2D eigenvalue weighted by molar-refractivity contribution is 7.21. The third-order valence-corrected chi connectivity index (χ3v) is 5.40. The number of halogens is 1. The van der Waals surface area contributed by atoms with Crippen LogP contribution in [-0.2, 0) is 9.53 Å². The maximum absolute atomic E-state index is 13.6. The van der Waals surface area contributed by atoms with Crippen molar-refractivity contribution in [2.24, 2.45) is 5.92 Å². The molecule has 2 aromatic heterocycles. The van der Waals surface area contributed by atoms with Gasteiger partial charge in [-0.15, -0.1) is 11.3 Å². The van der Waals surface area contributed by atoms with Crippen molar-refractivity contribution in [3.8, 4) is 5.75 Å². The Morgan fingerprint density at radius 2 is 2.00 bits per heavy atom. The first-order valence-electron chi connectivity index (χ1n) is 8.37. The zero-order valence-electron chi connectivity index (χ0n) is 14.8. The molecule has 5 nitrogen and oxygen atoms in total. The number of methoxy groups -OCH3 is 1. The molecule has 0 saturated carbocycles. The van der Waals surface area contributed by atoms with Crippen LogP contribution in [0.25, 0.3) is 21.1 Å². The van der Waals surface area contributed by atoms with Gasteiger partial charge in [0.05, 0.1) is 24.5 Å². The molecule has 1 aromatic carbocycles. The topological polar surface area (TPSA) is 65.7 Å². The Morgan fingerprint density at radius 3 is 2.65 bits per heavy atom. The fourth-order valence-electron chi connectivity index (χ4n) is 2.92. The maximum atomic E-state index is 13.6. The molecule has 1 atom stereocenters. The van der Waals surface area contributed by atoms with Crippen LogP contribution in [0, 0.1) is 11.9 Å².